The molecule has 12 heavy (non-hydrogen) atoms. The largest absolute Gasteiger partial charge is 0.192 e. The molecule has 60 valence electrons. The van der Waals surface area contributed by atoms with Crippen LogP contribution in [-0.4, -0.2) is 0 Å². The van der Waals surface area contributed by atoms with Crippen LogP contribution in [0, 0.1) is 19.8 Å². The molecule has 0 aliphatic carbocycles. The first kappa shape index (κ1) is 9.42. The van der Waals surface area contributed by atoms with Crippen molar-refractivity contribution in [2.75, 3.05) is 0 Å². The lowest BCUT2D eigenvalue weighted by molar-refractivity contribution is 1.43. The van der Waals surface area contributed by atoms with Crippen molar-refractivity contribution in [3.63, 3.8) is 0 Å². The lowest BCUT2D eigenvalue weighted by atomic mass is 10.2. The summed E-state index contributed by atoms with van der Waals surface area (Å²) in [4.78, 5) is 10.2. The Morgan fingerprint density at radius 2 is 2.25 bits per heavy atom. The Morgan fingerprint density at radius 1 is 1.58 bits per heavy atom. The van der Waals surface area contributed by atoms with Gasteiger partial charge in [-0.1, -0.05) is 11.6 Å². The van der Waals surface area contributed by atoms with E-state index in [2.05, 4.69) is 5.18 Å². The third-order valence-electron chi connectivity index (χ3n) is 1.24. The predicted octanol–water partition coefficient (Wildman–Crippen LogP) is 3.21. The molecule has 0 aliphatic heterocycles. The fourth-order valence-electron chi connectivity index (χ4n) is 0.706. The second-order valence-electron chi connectivity index (χ2n) is 1.99. The van der Waals surface area contributed by atoms with Gasteiger partial charge in [0, 0.05) is 3.57 Å². The number of nitrogens with zero attached hydrogens (tertiary/aromatic N) is 2. The molecule has 0 aliphatic rings. The van der Waals surface area contributed by atoms with Crippen LogP contribution in [0.3, 0.4) is 0 Å². The highest BCUT2D eigenvalue weighted by atomic mass is 127. The quantitative estimate of drug-likeness (QED) is 0.589. The van der Waals surface area contributed by atoms with Crippen molar-refractivity contribution in [3.8, 4) is 6.07 Å². The Balaban J connectivity index is 3.41. The minimum atomic E-state index is 0.111. The highest BCUT2D eigenvalue weighted by molar-refractivity contribution is 14.1. The summed E-state index contributed by atoms with van der Waals surface area (Å²) in [6.07, 6.45) is 0. The molecule has 0 saturated heterocycles. The van der Waals surface area contributed by atoms with E-state index in [9.17, 15) is 4.91 Å². The molecule has 0 aromatic heterocycles. The average molecular weight is 292 g/mol. The van der Waals surface area contributed by atoms with Crippen molar-refractivity contribution in [1.29, 1.82) is 5.26 Å². The lowest BCUT2D eigenvalue weighted by Gasteiger charge is -1.97. The molecule has 5 heteroatoms. The lowest BCUT2D eigenvalue weighted by Crippen LogP contribution is -1.79. The van der Waals surface area contributed by atoms with E-state index in [4.69, 9.17) is 16.9 Å². The van der Waals surface area contributed by atoms with E-state index >= 15 is 0 Å². The third kappa shape index (κ3) is 1.73. The van der Waals surface area contributed by atoms with Gasteiger partial charge in [0.15, 0.2) is 0 Å². The van der Waals surface area contributed by atoms with Gasteiger partial charge >= 0.3 is 0 Å². The van der Waals surface area contributed by atoms with Gasteiger partial charge in [-0.2, -0.15) is 5.26 Å². The maximum absolute atomic E-state index is 10.2. The molecule has 0 unspecified atom stereocenters. The normalized spacial score (nSPS) is 9.08. The number of nitroso groups, excluding NO2 is 1. The van der Waals surface area contributed by atoms with Crippen molar-refractivity contribution >= 4 is 39.9 Å². The smallest absolute Gasteiger partial charge is 0.128 e. The molecule has 0 amide bonds. The first-order chi connectivity index (χ1) is 5.69. The molecule has 3 nitrogen and oxygen atoms in total. The van der Waals surface area contributed by atoms with E-state index in [1.807, 2.05) is 28.7 Å². The summed E-state index contributed by atoms with van der Waals surface area (Å²) < 4.78 is 0.655. The van der Waals surface area contributed by atoms with Crippen LogP contribution >= 0.6 is 34.2 Å². The molecule has 0 fully saturated rings. The van der Waals surface area contributed by atoms with Crippen LogP contribution in [0.25, 0.3) is 0 Å². The van der Waals surface area contributed by atoms with Gasteiger partial charge in [-0.3, -0.25) is 0 Å². The summed E-state index contributed by atoms with van der Waals surface area (Å²) in [6.45, 7) is 0. The molecule has 0 bridgehead atoms. The topological polar surface area (TPSA) is 53.2 Å². The third-order valence-corrected chi connectivity index (χ3v) is 2.80. The Morgan fingerprint density at radius 3 is 2.75 bits per heavy atom. The number of benzene rings is 1. The Kier molecular flexibility index (Phi) is 3.00. The molecule has 1 aromatic carbocycles. The first-order valence-electron chi connectivity index (χ1n) is 2.91. The first-order valence-corrected chi connectivity index (χ1v) is 4.37. The van der Waals surface area contributed by atoms with Gasteiger partial charge in [0.25, 0.3) is 0 Å². The van der Waals surface area contributed by atoms with Crippen molar-refractivity contribution in [2.24, 2.45) is 5.18 Å². The molecule has 0 atom stereocenters. The number of halogens is 2. The van der Waals surface area contributed by atoms with Crippen molar-refractivity contribution in [2.45, 2.75) is 0 Å². The summed E-state index contributed by atoms with van der Waals surface area (Å²) >= 11 is 7.65. The fraction of sp³-hybridized carbons (Fsp3) is 0. The van der Waals surface area contributed by atoms with Gasteiger partial charge in [0.2, 0.25) is 0 Å². The fourth-order valence-corrected chi connectivity index (χ4v) is 1.46. The second-order valence-corrected chi connectivity index (χ2v) is 3.53. The van der Waals surface area contributed by atoms with Gasteiger partial charge < -0.3 is 0 Å². The highest BCUT2D eigenvalue weighted by Crippen LogP contribution is 2.30. The van der Waals surface area contributed by atoms with Crippen molar-refractivity contribution in [1.82, 2.24) is 0 Å². The van der Waals surface area contributed by atoms with Gasteiger partial charge in [0.05, 0.1) is 16.7 Å². The molecular weight excluding hydrogens is 290 g/mol. The summed E-state index contributed by atoms with van der Waals surface area (Å²) in [7, 11) is 0. The van der Waals surface area contributed by atoms with E-state index in [0.29, 0.717) is 14.2 Å². The van der Waals surface area contributed by atoms with E-state index < -0.39 is 0 Å². The second kappa shape index (κ2) is 3.83. The molecule has 0 heterocycles. The van der Waals surface area contributed by atoms with Crippen LogP contribution in [-0.2, 0) is 0 Å². The maximum Gasteiger partial charge on any atom is 0.128 e. The predicted molar refractivity (Wildman–Crippen MR) is 54.3 cm³/mol. The van der Waals surface area contributed by atoms with Crippen molar-refractivity contribution in [3.05, 3.63) is 31.2 Å². The zero-order valence-electron chi connectivity index (χ0n) is 5.71. The van der Waals surface area contributed by atoms with E-state index in [0.717, 1.165) is 0 Å². The molecule has 1 rings (SSSR count). The number of hydrogen-bond acceptors (Lipinski definition) is 3. The molecule has 0 N–H and O–H groups in total. The van der Waals surface area contributed by atoms with Crippen LogP contribution in [0.1, 0.15) is 5.56 Å². The molecular formula is C7H2ClIN2O. The molecule has 1 aromatic rings. The van der Waals surface area contributed by atoms with Gasteiger partial charge in [-0.05, 0) is 39.9 Å². The SMILES string of the molecule is N#Cc1cc(I)c(Cl)c(N=O)c1. The summed E-state index contributed by atoms with van der Waals surface area (Å²) in [5.74, 6) is 0. The average Bonchev–Trinajstić information content (AvgIpc) is 2.09. The maximum atomic E-state index is 10.2. The minimum Gasteiger partial charge on any atom is -0.192 e. The summed E-state index contributed by atoms with van der Waals surface area (Å²) in [5, 5.41) is 11.5. The number of rotatable bonds is 1. The summed E-state index contributed by atoms with van der Waals surface area (Å²) in [5.41, 5.74) is 0.499. The van der Waals surface area contributed by atoms with E-state index in [1.165, 1.54) is 6.07 Å². The van der Waals surface area contributed by atoms with E-state index in [1.54, 1.807) is 6.07 Å². The molecule has 0 radical (unpaired) electrons. The van der Waals surface area contributed by atoms with Crippen LogP contribution in [0.4, 0.5) is 5.69 Å². The van der Waals surface area contributed by atoms with Gasteiger partial charge in [0.1, 0.15) is 5.69 Å². The van der Waals surface area contributed by atoms with Crippen molar-refractivity contribution < 1.29 is 0 Å². The van der Waals surface area contributed by atoms with Gasteiger partial charge in [-0.25, -0.2) is 0 Å². The van der Waals surface area contributed by atoms with Crippen LogP contribution in [0.2, 0.25) is 5.02 Å². The Bertz CT molecular complexity index is 372. The Labute approximate surface area is 87.4 Å². The van der Waals surface area contributed by atoms with Crippen LogP contribution in [0.5, 0.6) is 0 Å². The summed E-state index contributed by atoms with van der Waals surface area (Å²) in [6, 6.07) is 4.86. The monoisotopic (exact) mass is 292 g/mol. The molecule has 0 spiro atoms. The standard InChI is InChI=1S/C7H2ClIN2O/c8-7-5(9)1-4(3-10)2-6(7)11-12/h1-2H. The zero-order valence-corrected chi connectivity index (χ0v) is 8.63. The minimum absolute atomic E-state index is 0.111. The van der Waals surface area contributed by atoms with Crippen LogP contribution < -0.4 is 0 Å². The van der Waals surface area contributed by atoms with E-state index in [-0.39, 0.29) is 5.69 Å². The highest BCUT2D eigenvalue weighted by Gasteiger charge is 2.06. The molecule has 0 saturated carbocycles. The van der Waals surface area contributed by atoms with Gasteiger partial charge in [-0.15, -0.1) is 4.91 Å². The van der Waals surface area contributed by atoms with Crippen LogP contribution in [0.15, 0.2) is 17.3 Å². The number of nitriles is 1. The number of hydrogen-bond donors (Lipinski definition) is 0. The Hall–Kier alpha value is -0.670. The zero-order chi connectivity index (χ0) is 9.14.